The third-order valence-electron chi connectivity index (χ3n) is 3.03. The molecule has 0 aliphatic heterocycles. The summed E-state index contributed by atoms with van der Waals surface area (Å²) in [7, 11) is 5.48. The van der Waals surface area contributed by atoms with Crippen molar-refractivity contribution in [2.24, 2.45) is 7.05 Å². The summed E-state index contributed by atoms with van der Waals surface area (Å²) in [5.41, 5.74) is 3.29. The van der Waals surface area contributed by atoms with Gasteiger partial charge in [0.25, 0.3) is 0 Å². The van der Waals surface area contributed by atoms with Gasteiger partial charge in [0.15, 0.2) is 0 Å². The Morgan fingerprint density at radius 3 is 2.72 bits per heavy atom. The summed E-state index contributed by atoms with van der Waals surface area (Å²) >= 11 is 0. The minimum Gasteiger partial charge on any atom is -0.496 e. The number of ether oxygens (including phenoxy) is 1. The van der Waals surface area contributed by atoms with Crippen molar-refractivity contribution in [2.45, 2.75) is 13.0 Å². The van der Waals surface area contributed by atoms with Crippen LogP contribution in [0.4, 0.5) is 0 Å². The van der Waals surface area contributed by atoms with E-state index in [9.17, 15) is 0 Å². The van der Waals surface area contributed by atoms with E-state index in [1.54, 1.807) is 18.0 Å². The number of methoxy groups -OCH3 is 1. The van der Waals surface area contributed by atoms with Crippen molar-refractivity contribution in [1.29, 1.82) is 0 Å². The van der Waals surface area contributed by atoms with Crippen LogP contribution >= 0.6 is 0 Å². The molecule has 1 N–H and O–H groups in total. The summed E-state index contributed by atoms with van der Waals surface area (Å²) in [5, 5.41) is 11.2. The summed E-state index contributed by atoms with van der Waals surface area (Å²) in [6.07, 6.45) is 1.77. The number of rotatable bonds is 4. The molecule has 0 bridgehead atoms. The lowest BCUT2D eigenvalue weighted by molar-refractivity contribution is 0.404. The SMILES string of the molecule is CNC(c1cc(C)ccc1OC)c1cnnn1C. The average Bonchev–Trinajstić information content (AvgIpc) is 2.77. The van der Waals surface area contributed by atoms with Crippen LogP contribution in [0.25, 0.3) is 0 Å². The highest BCUT2D eigenvalue weighted by Gasteiger charge is 2.20. The Kier molecular flexibility index (Phi) is 3.62. The molecule has 96 valence electrons. The summed E-state index contributed by atoms with van der Waals surface area (Å²) in [4.78, 5) is 0. The first kappa shape index (κ1) is 12.6. The van der Waals surface area contributed by atoms with Crippen LogP contribution in [-0.2, 0) is 7.05 Å². The van der Waals surface area contributed by atoms with Crippen molar-refractivity contribution >= 4 is 0 Å². The Morgan fingerprint density at radius 1 is 1.39 bits per heavy atom. The topological polar surface area (TPSA) is 52.0 Å². The van der Waals surface area contributed by atoms with Gasteiger partial charge in [0.2, 0.25) is 0 Å². The second kappa shape index (κ2) is 5.18. The molecular weight excluding hydrogens is 228 g/mol. The predicted molar refractivity (Wildman–Crippen MR) is 69.6 cm³/mol. The Bertz CT molecular complexity index is 536. The first-order chi connectivity index (χ1) is 8.67. The van der Waals surface area contributed by atoms with E-state index in [2.05, 4.69) is 28.6 Å². The van der Waals surface area contributed by atoms with E-state index < -0.39 is 0 Å². The largest absolute Gasteiger partial charge is 0.496 e. The van der Waals surface area contributed by atoms with Crippen LogP contribution < -0.4 is 10.1 Å². The third-order valence-corrected chi connectivity index (χ3v) is 3.03. The van der Waals surface area contributed by atoms with E-state index in [1.807, 2.05) is 26.2 Å². The molecule has 0 fully saturated rings. The van der Waals surface area contributed by atoms with Gasteiger partial charge in [0, 0.05) is 12.6 Å². The quantitative estimate of drug-likeness (QED) is 0.887. The maximum atomic E-state index is 5.43. The minimum absolute atomic E-state index is 0.0137. The lowest BCUT2D eigenvalue weighted by Crippen LogP contribution is -2.21. The Hall–Kier alpha value is -1.88. The molecule has 0 spiro atoms. The monoisotopic (exact) mass is 246 g/mol. The van der Waals surface area contributed by atoms with Crippen LogP contribution in [0.3, 0.4) is 0 Å². The van der Waals surface area contributed by atoms with Gasteiger partial charge >= 0.3 is 0 Å². The number of benzene rings is 1. The van der Waals surface area contributed by atoms with E-state index in [-0.39, 0.29) is 6.04 Å². The highest BCUT2D eigenvalue weighted by molar-refractivity contribution is 5.42. The van der Waals surface area contributed by atoms with Crippen molar-refractivity contribution in [3.05, 3.63) is 41.2 Å². The second-order valence-corrected chi connectivity index (χ2v) is 4.25. The van der Waals surface area contributed by atoms with Gasteiger partial charge in [-0.25, -0.2) is 0 Å². The number of nitrogens with one attached hydrogen (secondary N) is 1. The van der Waals surface area contributed by atoms with Gasteiger partial charge < -0.3 is 10.1 Å². The van der Waals surface area contributed by atoms with Crippen LogP contribution in [0, 0.1) is 6.92 Å². The molecule has 1 atom stereocenters. The van der Waals surface area contributed by atoms with Gasteiger partial charge in [-0.1, -0.05) is 22.9 Å². The Labute approximate surface area is 107 Å². The molecule has 0 aliphatic carbocycles. The number of nitrogens with zero attached hydrogens (tertiary/aromatic N) is 3. The molecule has 0 aliphatic rings. The van der Waals surface area contributed by atoms with Crippen molar-refractivity contribution < 1.29 is 4.74 Å². The van der Waals surface area contributed by atoms with Crippen molar-refractivity contribution in [3.8, 4) is 5.75 Å². The number of aryl methyl sites for hydroxylation is 2. The van der Waals surface area contributed by atoms with Gasteiger partial charge in [-0.3, -0.25) is 4.68 Å². The number of aromatic nitrogens is 3. The van der Waals surface area contributed by atoms with Crippen molar-refractivity contribution in [3.63, 3.8) is 0 Å². The van der Waals surface area contributed by atoms with Crippen LogP contribution in [-0.4, -0.2) is 29.2 Å². The number of hydrogen-bond acceptors (Lipinski definition) is 4. The molecule has 1 unspecified atom stereocenters. The molecule has 1 aromatic carbocycles. The van der Waals surface area contributed by atoms with Gasteiger partial charge in [-0.05, 0) is 20.0 Å². The fourth-order valence-corrected chi connectivity index (χ4v) is 2.10. The van der Waals surface area contributed by atoms with Crippen LogP contribution in [0.1, 0.15) is 22.9 Å². The molecular formula is C13H18N4O. The summed E-state index contributed by atoms with van der Waals surface area (Å²) in [5.74, 6) is 0.862. The summed E-state index contributed by atoms with van der Waals surface area (Å²) in [6.45, 7) is 2.07. The molecule has 1 aromatic heterocycles. The fraction of sp³-hybridized carbons (Fsp3) is 0.385. The second-order valence-electron chi connectivity index (χ2n) is 4.25. The minimum atomic E-state index is 0.0137. The van der Waals surface area contributed by atoms with Gasteiger partial charge in [-0.15, -0.1) is 5.10 Å². The molecule has 5 nitrogen and oxygen atoms in total. The average molecular weight is 246 g/mol. The maximum absolute atomic E-state index is 5.43. The van der Waals surface area contributed by atoms with E-state index in [0.717, 1.165) is 17.0 Å². The standard InChI is InChI=1S/C13H18N4O/c1-9-5-6-12(18-4)10(7-9)13(14-2)11-8-15-16-17(11)3/h5-8,13-14H,1-4H3. The van der Waals surface area contributed by atoms with E-state index in [1.165, 1.54) is 5.56 Å². The molecule has 0 amide bonds. The smallest absolute Gasteiger partial charge is 0.124 e. The molecule has 5 heteroatoms. The van der Waals surface area contributed by atoms with Crippen LogP contribution in [0.5, 0.6) is 5.75 Å². The van der Waals surface area contributed by atoms with E-state index in [0.29, 0.717) is 0 Å². The fourth-order valence-electron chi connectivity index (χ4n) is 2.10. The first-order valence-corrected chi connectivity index (χ1v) is 5.83. The normalized spacial score (nSPS) is 12.4. The summed E-state index contributed by atoms with van der Waals surface area (Å²) < 4.78 is 7.20. The molecule has 2 aromatic rings. The van der Waals surface area contributed by atoms with Crippen LogP contribution in [0.15, 0.2) is 24.4 Å². The van der Waals surface area contributed by atoms with Gasteiger partial charge in [0.1, 0.15) is 5.75 Å². The molecule has 2 rings (SSSR count). The molecule has 0 saturated carbocycles. The molecule has 18 heavy (non-hydrogen) atoms. The highest BCUT2D eigenvalue weighted by Crippen LogP contribution is 2.29. The maximum Gasteiger partial charge on any atom is 0.124 e. The highest BCUT2D eigenvalue weighted by atomic mass is 16.5. The zero-order chi connectivity index (χ0) is 13.1. The van der Waals surface area contributed by atoms with Gasteiger partial charge in [0.05, 0.1) is 25.0 Å². The Morgan fingerprint density at radius 2 is 2.17 bits per heavy atom. The Balaban J connectivity index is 2.51. The van der Waals surface area contributed by atoms with Gasteiger partial charge in [-0.2, -0.15) is 0 Å². The first-order valence-electron chi connectivity index (χ1n) is 5.83. The zero-order valence-electron chi connectivity index (χ0n) is 11.1. The van der Waals surface area contributed by atoms with E-state index >= 15 is 0 Å². The third kappa shape index (κ3) is 2.22. The number of hydrogen-bond donors (Lipinski definition) is 1. The predicted octanol–water partition coefficient (Wildman–Crippen LogP) is 1.44. The zero-order valence-corrected chi connectivity index (χ0v) is 11.1. The molecule has 0 radical (unpaired) electrons. The van der Waals surface area contributed by atoms with Crippen LogP contribution in [0.2, 0.25) is 0 Å². The lowest BCUT2D eigenvalue weighted by Gasteiger charge is -2.19. The van der Waals surface area contributed by atoms with E-state index in [4.69, 9.17) is 4.74 Å². The van der Waals surface area contributed by atoms with Crippen molar-refractivity contribution in [2.75, 3.05) is 14.2 Å². The molecule has 1 heterocycles. The molecule has 0 saturated heterocycles. The lowest BCUT2D eigenvalue weighted by atomic mass is 10.0. The summed E-state index contributed by atoms with van der Waals surface area (Å²) in [6, 6.07) is 6.15. The van der Waals surface area contributed by atoms with Crippen molar-refractivity contribution in [1.82, 2.24) is 20.3 Å².